The van der Waals surface area contributed by atoms with Crippen LogP contribution in [0.1, 0.15) is 133 Å². The number of nitrogens with one attached hydrogen (secondary N) is 4. The molecule has 8 aromatic carbocycles. The van der Waals surface area contributed by atoms with Crippen molar-refractivity contribution in [1.29, 1.82) is 0 Å². The van der Waals surface area contributed by atoms with Gasteiger partial charge < -0.3 is 54.6 Å². The minimum Gasteiger partial charge on any atom is -0.480 e. The molecule has 3 aliphatic carbocycles. The van der Waals surface area contributed by atoms with Gasteiger partial charge in [-0.15, -0.1) is 0 Å². The van der Waals surface area contributed by atoms with Gasteiger partial charge in [-0.3, -0.25) is 33.6 Å². The van der Waals surface area contributed by atoms with Crippen molar-refractivity contribution in [2.75, 3.05) is 5.32 Å². The number of fused-ring (bicyclic) bond motifs is 7. The fourth-order valence-corrected chi connectivity index (χ4v) is 19.2. The number of aliphatic carboxylic acids is 4. The van der Waals surface area contributed by atoms with E-state index in [0.717, 1.165) is 94.1 Å². The summed E-state index contributed by atoms with van der Waals surface area (Å²) >= 11 is 0. The third kappa shape index (κ3) is 18.2. The van der Waals surface area contributed by atoms with Gasteiger partial charge in [-0.05, 0) is 259 Å². The zero-order chi connectivity index (χ0) is 90.3. The van der Waals surface area contributed by atoms with Crippen molar-refractivity contribution in [3.8, 4) is 11.1 Å². The highest BCUT2D eigenvalue weighted by molar-refractivity contribution is 7.89. The van der Waals surface area contributed by atoms with E-state index in [4.69, 9.17) is 0 Å². The highest BCUT2D eigenvalue weighted by Crippen LogP contribution is 2.47. The molecule has 0 atom stereocenters. The van der Waals surface area contributed by atoms with Gasteiger partial charge in [-0.2, -0.15) is 0 Å². The molecule has 3 amide bonds. The van der Waals surface area contributed by atoms with Crippen LogP contribution in [0.4, 0.5) is 23.2 Å². The van der Waals surface area contributed by atoms with Crippen molar-refractivity contribution in [3.63, 3.8) is 0 Å². The number of anilines is 1. The maximum Gasteiger partial charge on any atom is 0.323 e. The first-order valence-corrected chi connectivity index (χ1v) is 42.9. The largest absolute Gasteiger partial charge is 0.480 e. The van der Waals surface area contributed by atoms with Gasteiger partial charge in [0.1, 0.15) is 66.5 Å². The number of carboxylic acid groups (broad SMARTS) is 4. The van der Waals surface area contributed by atoms with Crippen molar-refractivity contribution in [2.45, 2.75) is 140 Å². The second-order valence-electron chi connectivity index (χ2n) is 32.6. The number of benzene rings is 8. The molecule has 30 heteroatoms. The molecule has 16 aromatic rings. The highest BCUT2D eigenvalue weighted by atomic mass is 32.2. The molecule has 0 aliphatic heterocycles. The number of carbonyl (C=O) groups excluding carboxylic acids is 3. The molecule has 8 heterocycles. The van der Waals surface area contributed by atoms with E-state index in [-0.39, 0.29) is 102 Å². The Hall–Kier alpha value is -14.8. The van der Waals surface area contributed by atoms with Crippen LogP contribution in [0.2, 0.25) is 0 Å². The molecule has 0 bridgehead atoms. The lowest BCUT2D eigenvalue weighted by atomic mass is 9.75. The van der Waals surface area contributed by atoms with Gasteiger partial charge in [0.2, 0.25) is 10.0 Å². The molecular formula is C98H86F4N12O13S. The monoisotopic (exact) mass is 1750 g/mol. The molecule has 8 aromatic heterocycles. The van der Waals surface area contributed by atoms with E-state index >= 15 is 0 Å². The van der Waals surface area contributed by atoms with E-state index in [1.54, 1.807) is 103 Å². The minimum atomic E-state index is -3.61. The summed E-state index contributed by atoms with van der Waals surface area (Å²) in [6.07, 6.45) is 5.61. The fraction of sp³-hybridized carbons (Fsp3) is 0.214. The summed E-state index contributed by atoms with van der Waals surface area (Å²) in [6, 6.07) is 60.7. The van der Waals surface area contributed by atoms with E-state index < -0.39 is 39.7 Å². The van der Waals surface area contributed by atoms with E-state index in [0.29, 0.717) is 99.8 Å². The SMILES string of the molecule is Cc1c(-c2ccc(NC(=O)c3ccc4ccccc4n3)cc2)c2cc(F)ccc2n1CC(=O)O.Cc1c(C2CC(NC(=O)c3ccc4ccccc4n3)C2)c2cc(F)ccc2n1CC(=O)O.Cc1c(C2CC(NC(=O)c3ccc4cccnc4n3)C2)c2cc(F)ccc2n1CC(=O)O.Cc1ccc(S(=O)(=O)NC2CC(c3c(C)n(CC(=O)O)c4ccc(F)cc34)C2)cc1. The third-order valence-electron chi connectivity index (χ3n) is 24.2. The predicted octanol–water partition coefficient (Wildman–Crippen LogP) is 17.5. The summed E-state index contributed by atoms with van der Waals surface area (Å²) in [6.45, 7) is 8.51. The summed E-state index contributed by atoms with van der Waals surface area (Å²) in [7, 11) is -3.61. The number of sulfonamides is 1. The lowest BCUT2D eigenvalue weighted by Crippen LogP contribution is -2.43. The predicted molar refractivity (Wildman–Crippen MR) is 477 cm³/mol. The normalized spacial score (nSPS) is 16.4. The lowest BCUT2D eigenvalue weighted by Gasteiger charge is -2.36. The lowest BCUT2D eigenvalue weighted by molar-refractivity contribution is -0.138. The number of amides is 3. The maximum absolute atomic E-state index is 14.0. The van der Waals surface area contributed by atoms with Crippen molar-refractivity contribution in [1.82, 2.24) is 53.6 Å². The number of pyridine rings is 4. The number of carbonyl (C=O) groups is 7. The molecule has 0 saturated heterocycles. The first-order valence-electron chi connectivity index (χ1n) is 41.4. The summed E-state index contributed by atoms with van der Waals surface area (Å²) in [5.41, 5.74) is 14.9. The van der Waals surface area contributed by atoms with E-state index in [2.05, 4.69) is 40.6 Å². The van der Waals surface area contributed by atoms with Crippen molar-refractivity contribution in [3.05, 3.63) is 310 Å². The number of halogens is 4. The molecule has 0 spiro atoms. The van der Waals surface area contributed by atoms with Crippen LogP contribution in [0.25, 0.3) is 87.6 Å². The standard InChI is InChI=1S/C27H20FN3O3.C25H22FN3O3.C24H21FN4O3.C22H23FN2O4S/c1-16-26(21-14-19(28)9-13-24(21)31(16)15-25(32)33)18-6-10-20(11-7-18)29-27(34)23-12-8-17-4-2-3-5-22(17)30-23;1-14-24(19-12-17(26)7-9-22(19)29(14)13-23(30)31)16-10-18(11-16)27-25(32)21-8-6-15-4-2-3-5-20(15)28-21;1-13-22(18-11-16(25)5-7-20(18)29(13)12-21(30)31)15-9-17(10-15)27-24(32)19-6-4-14-3-2-8-26-23(14)28-19;1-13-3-6-18(7-4-13)30(28,29)24-17-9-15(10-17)22-14(2)25(12-21(26)27)20-8-5-16(23)11-19(20)22/h2-14H,15H2,1H3,(H,29,34)(H,32,33);2-9,12,16,18H,10-11,13H2,1H3,(H,27,32)(H,30,31);2-8,11,15,17H,9-10,12H2,1H3,(H,27,32)(H,30,31);3-8,11,15,17,24H,9-10,12H2,1-2H3,(H,26,27). The molecule has 3 aliphatic rings. The second-order valence-corrected chi connectivity index (χ2v) is 34.3. The molecule has 650 valence electrons. The van der Waals surface area contributed by atoms with Crippen LogP contribution in [0.5, 0.6) is 0 Å². The van der Waals surface area contributed by atoms with Gasteiger partial charge in [0, 0.05) is 118 Å². The Morgan fingerprint density at radius 2 is 0.758 bits per heavy atom. The van der Waals surface area contributed by atoms with Crippen LogP contribution in [0.15, 0.2) is 229 Å². The van der Waals surface area contributed by atoms with Crippen molar-refractivity contribution >= 4 is 134 Å². The molecule has 3 saturated carbocycles. The molecule has 3 fully saturated rings. The van der Waals surface area contributed by atoms with Crippen LogP contribution in [-0.4, -0.2) is 127 Å². The quantitative estimate of drug-likeness (QED) is 0.0310. The third-order valence-corrected chi connectivity index (χ3v) is 25.8. The molecule has 0 radical (unpaired) electrons. The van der Waals surface area contributed by atoms with Gasteiger partial charge in [-0.25, -0.2) is 50.6 Å². The summed E-state index contributed by atoms with van der Waals surface area (Å²) in [5, 5.41) is 51.7. The van der Waals surface area contributed by atoms with E-state index in [9.17, 15) is 80.0 Å². The average Bonchev–Trinajstić information content (AvgIpc) is 1.60. The Balaban J connectivity index is 0.000000125. The molecule has 25 nitrogen and oxygen atoms in total. The zero-order valence-corrected chi connectivity index (χ0v) is 70.7. The van der Waals surface area contributed by atoms with Crippen molar-refractivity contribution < 1.29 is 80.0 Å². The zero-order valence-electron chi connectivity index (χ0n) is 69.9. The summed E-state index contributed by atoms with van der Waals surface area (Å²) < 4.78 is 90.6. The van der Waals surface area contributed by atoms with Gasteiger partial charge in [0.25, 0.3) is 17.7 Å². The van der Waals surface area contributed by atoms with Crippen LogP contribution in [-0.2, 0) is 55.4 Å². The molecular weight excluding hydrogens is 1660 g/mol. The Labute approximate surface area is 729 Å². The number of hydrogen-bond donors (Lipinski definition) is 8. The van der Waals surface area contributed by atoms with Crippen LogP contribution >= 0.6 is 0 Å². The molecule has 8 N–H and O–H groups in total. The number of rotatable bonds is 21. The first kappa shape index (κ1) is 86.7. The molecule has 128 heavy (non-hydrogen) atoms. The van der Waals surface area contributed by atoms with Crippen LogP contribution in [0.3, 0.4) is 0 Å². The number of hydrogen-bond acceptors (Lipinski definition) is 13. The minimum absolute atomic E-state index is 0.00777. The van der Waals surface area contributed by atoms with Gasteiger partial charge in [0.15, 0.2) is 5.65 Å². The average molecular weight is 1750 g/mol. The van der Waals surface area contributed by atoms with E-state index in [1.807, 2.05) is 126 Å². The first-order chi connectivity index (χ1) is 61.4. The Morgan fingerprint density at radius 1 is 0.391 bits per heavy atom. The van der Waals surface area contributed by atoms with Gasteiger partial charge in [-0.1, -0.05) is 78.4 Å². The number of aryl methyl sites for hydroxylation is 1. The van der Waals surface area contributed by atoms with Gasteiger partial charge in [0.05, 0.1) is 15.9 Å². The molecule has 19 rings (SSSR count). The van der Waals surface area contributed by atoms with Gasteiger partial charge >= 0.3 is 23.9 Å². The molecule has 0 unspecified atom stereocenters. The fourth-order valence-electron chi connectivity index (χ4n) is 18.0. The Kier molecular flexibility index (Phi) is 24.4. The van der Waals surface area contributed by atoms with E-state index in [1.165, 1.54) is 48.5 Å². The maximum atomic E-state index is 14.0. The number of carboxylic acids is 4. The van der Waals surface area contributed by atoms with Crippen LogP contribution < -0.4 is 20.7 Å². The number of para-hydroxylation sites is 2. The second kappa shape index (κ2) is 36.1. The van der Waals surface area contributed by atoms with Crippen molar-refractivity contribution in [2.24, 2.45) is 0 Å². The van der Waals surface area contributed by atoms with Crippen LogP contribution in [0, 0.1) is 57.9 Å². The number of aromatic nitrogens is 8. The Morgan fingerprint density at radius 3 is 1.19 bits per heavy atom. The topological polar surface area (TPSA) is 354 Å². The summed E-state index contributed by atoms with van der Waals surface area (Å²) in [5.74, 6) is -5.82. The summed E-state index contributed by atoms with van der Waals surface area (Å²) in [4.78, 5) is 101. The highest BCUT2D eigenvalue weighted by Gasteiger charge is 2.40. The number of nitrogens with zero attached hydrogens (tertiary/aromatic N) is 8. The Bertz CT molecular complexity index is 7050. The smallest absolute Gasteiger partial charge is 0.323 e.